The molecule has 0 spiro atoms. The minimum absolute atomic E-state index is 0. The summed E-state index contributed by atoms with van der Waals surface area (Å²) in [6, 6.07) is 8.73. The minimum atomic E-state index is 0. The Kier molecular flexibility index (Phi) is 8.70. The Hall–Kier alpha value is -1.19. The lowest BCUT2D eigenvalue weighted by Gasteiger charge is -2.39. The summed E-state index contributed by atoms with van der Waals surface area (Å²) in [7, 11) is 3.91. The zero-order chi connectivity index (χ0) is 19.3. The van der Waals surface area contributed by atoms with Gasteiger partial charge in [0.05, 0.1) is 17.2 Å². The second-order valence-electron chi connectivity index (χ2n) is 7.32. The summed E-state index contributed by atoms with van der Waals surface area (Å²) in [6.07, 6.45) is 2.05. The van der Waals surface area contributed by atoms with Gasteiger partial charge in [-0.05, 0) is 37.8 Å². The van der Waals surface area contributed by atoms with Crippen molar-refractivity contribution in [1.29, 1.82) is 0 Å². The number of hydrogen-bond acceptors (Lipinski definition) is 4. The van der Waals surface area contributed by atoms with Crippen molar-refractivity contribution in [2.24, 2.45) is 4.99 Å². The van der Waals surface area contributed by atoms with Crippen molar-refractivity contribution in [1.82, 2.24) is 15.2 Å². The molecule has 1 aliphatic heterocycles. The zero-order valence-corrected chi connectivity index (χ0v) is 20.3. The fraction of sp³-hybridized carbons (Fsp3) is 0.524. The number of nitrogens with zero attached hydrogens (tertiary/aromatic N) is 3. The van der Waals surface area contributed by atoms with Gasteiger partial charge in [-0.3, -0.25) is 4.99 Å². The average molecular weight is 514 g/mol. The first-order valence-corrected chi connectivity index (χ1v) is 10.4. The first-order valence-electron chi connectivity index (χ1n) is 9.51. The van der Waals surface area contributed by atoms with E-state index in [1.54, 1.807) is 11.3 Å². The predicted octanol–water partition coefficient (Wildman–Crippen LogP) is 4.13. The topological polar surface area (TPSA) is 49.8 Å². The maximum atomic E-state index is 5.67. The Morgan fingerprint density at radius 2 is 2.00 bits per heavy atom. The van der Waals surface area contributed by atoms with E-state index in [9.17, 15) is 0 Å². The maximum absolute atomic E-state index is 5.67. The third-order valence-electron chi connectivity index (χ3n) is 5.39. The summed E-state index contributed by atoms with van der Waals surface area (Å²) in [6.45, 7) is 7.47. The number of nitrogens with one attached hydrogen (secondary N) is 1. The van der Waals surface area contributed by atoms with E-state index in [1.807, 2.05) is 14.0 Å². The Balaban J connectivity index is 0.00000280. The average Bonchev–Trinajstić information content (AvgIpc) is 3.08. The van der Waals surface area contributed by atoms with Crippen LogP contribution in [-0.4, -0.2) is 49.7 Å². The van der Waals surface area contributed by atoms with E-state index in [-0.39, 0.29) is 29.4 Å². The molecular weight excluding hydrogens is 483 g/mol. The van der Waals surface area contributed by atoms with Crippen LogP contribution in [-0.2, 0) is 16.7 Å². The monoisotopic (exact) mass is 514 g/mol. The molecule has 1 aliphatic rings. The lowest BCUT2D eigenvalue weighted by Crippen LogP contribution is -2.48. The number of ether oxygens (including phenoxy) is 1. The van der Waals surface area contributed by atoms with Crippen LogP contribution in [0.15, 0.2) is 34.6 Å². The van der Waals surface area contributed by atoms with Crippen LogP contribution >= 0.6 is 35.3 Å². The molecule has 0 amide bonds. The fourth-order valence-corrected chi connectivity index (χ4v) is 4.51. The van der Waals surface area contributed by atoms with Crippen molar-refractivity contribution in [2.75, 3.05) is 33.9 Å². The molecule has 0 radical (unpaired) electrons. The number of aryl methyl sites for hydroxylation is 2. The van der Waals surface area contributed by atoms with Gasteiger partial charge in [-0.2, -0.15) is 0 Å². The molecule has 2 heterocycles. The Morgan fingerprint density at radius 3 is 2.61 bits per heavy atom. The number of aliphatic imine (C=N–C) groups is 1. The highest BCUT2D eigenvalue weighted by Gasteiger charge is 2.35. The van der Waals surface area contributed by atoms with Gasteiger partial charge in [0.2, 0.25) is 0 Å². The minimum Gasteiger partial charge on any atom is -0.381 e. The van der Waals surface area contributed by atoms with Crippen LogP contribution in [0.1, 0.15) is 34.7 Å². The molecule has 2 aromatic rings. The van der Waals surface area contributed by atoms with Crippen molar-refractivity contribution in [3.63, 3.8) is 0 Å². The van der Waals surface area contributed by atoms with Crippen LogP contribution in [0.4, 0.5) is 0 Å². The Bertz CT molecular complexity index is 786. The molecule has 3 rings (SSSR count). The molecule has 0 bridgehead atoms. The van der Waals surface area contributed by atoms with Gasteiger partial charge in [-0.25, -0.2) is 4.98 Å². The molecule has 28 heavy (non-hydrogen) atoms. The highest BCUT2D eigenvalue weighted by molar-refractivity contribution is 14.0. The maximum Gasteiger partial charge on any atom is 0.193 e. The Labute approximate surface area is 189 Å². The van der Waals surface area contributed by atoms with Crippen LogP contribution in [0.25, 0.3) is 0 Å². The van der Waals surface area contributed by atoms with Crippen molar-refractivity contribution in [3.05, 3.63) is 51.5 Å². The van der Waals surface area contributed by atoms with Crippen LogP contribution in [0, 0.1) is 13.8 Å². The quantitative estimate of drug-likeness (QED) is 0.371. The standard InChI is InChI=1S/C21H30N4OS.HI/c1-16-7-5-6-8-19(16)21(9-11-26-12-10-21)15-23-20(22-3)25(4)13-18-14-27-17(2)24-18;/h5-8,14H,9-13,15H2,1-4H3,(H,22,23);1H. The van der Waals surface area contributed by atoms with Crippen LogP contribution in [0.2, 0.25) is 0 Å². The summed E-state index contributed by atoms with van der Waals surface area (Å²) >= 11 is 1.69. The van der Waals surface area contributed by atoms with Crippen LogP contribution < -0.4 is 5.32 Å². The molecule has 1 aromatic carbocycles. The molecular formula is C21H31IN4OS. The van der Waals surface area contributed by atoms with Gasteiger partial charge in [0.1, 0.15) is 0 Å². The van der Waals surface area contributed by atoms with Gasteiger partial charge in [0, 0.05) is 44.6 Å². The van der Waals surface area contributed by atoms with Gasteiger partial charge in [-0.1, -0.05) is 24.3 Å². The zero-order valence-electron chi connectivity index (χ0n) is 17.2. The third kappa shape index (κ3) is 5.45. The molecule has 0 atom stereocenters. The molecule has 0 unspecified atom stereocenters. The third-order valence-corrected chi connectivity index (χ3v) is 6.21. The van der Waals surface area contributed by atoms with Gasteiger partial charge in [0.15, 0.2) is 5.96 Å². The smallest absolute Gasteiger partial charge is 0.193 e. The van der Waals surface area contributed by atoms with E-state index >= 15 is 0 Å². The molecule has 7 heteroatoms. The summed E-state index contributed by atoms with van der Waals surface area (Å²) in [5.74, 6) is 0.903. The molecule has 1 aromatic heterocycles. The molecule has 154 valence electrons. The van der Waals surface area contributed by atoms with Crippen molar-refractivity contribution < 1.29 is 4.74 Å². The molecule has 0 aliphatic carbocycles. The number of thiazole rings is 1. The van der Waals surface area contributed by atoms with E-state index in [4.69, 9.17) is 4.74 Å². The van der Waals surface area contributed by atoms with Gasteiger partial charge in [0.25, 0.3) is 0 Å². The number of aromatic nitrogens is 1. The van der Waals surface area contributed by atoms with Gasteiger partial charge >= 0.3 is 0 Å². The second kappa shape index (κ2) is 10.5. The predicted molar refractivity (Wildman–Crippen MR) is 128 cm³/mol. The first kappa shape index (κ1) is 23.1. The molecule has 1 saturated heterocycles. The lowest BCUT2D eigenvalue weighted by atomic mass is 9.72. The highest BCUT2D eigenvalue weighted by atomic mass is 127. The number of halogens is 1. The van der Waals surface area contributed by atoms with E-state index in [0.717, 1.165) is 55.8 Å². The van der Waals surface area contributed by atoms with Crippen molar-refractivity contribution in [3.8, 4) is 0 Å². The largest absolute Gasteiger partial charge is 0.381 e. The summed E-state index contributed by atoms with van der Waals surface area (Å²) < 4.78 is 5.67. The normalized spacial score (nSPS) is 16.4. The van der Waals surface area contributed by atoms with Crippen LogP contribution in [0.5, 0.6) is 0 Å². The molecule has 1 fully saturated rings. The van der Waals surface area contributed by atoms with Crippen LogP contribution in [0.3, 0.4) is 0 Å². The summed E-state index contributed by atoms with van der Waals surface area (Å²) in [5, 5.41) is 6.85. The Morgan fingerprint density at radius 1 is 1.29 bits per heavy atom. The van der Waals surface area contributed by atoms with E-state index in [1.165, 1.54) is 11.1 Å². The molecule has 5 nitrogen and oxygen atoms in total. The summed E-state index contributed by atoms with van der Waals surface area (Å²) in [5.41, 5.74) is 3.94. The van der Waals surface area contributed by atoms with E-state index < -0.39 is 0 Å². The number of guanidine groups is 1. The SMILES string of the molecule is CN=C(NCC1(c2ccccc2C)CCOCC1)N(C)Cc1csc(C)n1.I. The number of rotatable bonds is 5. The first-order chi connectivity index (χ1) is 13.0. The van der Waals surface area contributed by atoms with E-state index in [0.29, 0.717) is 0 Å². The van der Waals surface area contributed by atoms with Crippen molar-refractivity contribution >= 4 is 41.3 Å². The van der Waals surface area contributed by atoms with E-state index in [2.05, 4.69) is 63.8 Å². The number of benzene rings is 1. The van der Waals surface area contributed by atoms with Gasteiger partial charge < -0.3 is 15.0 Å². The highest BCUT2D eigenvalue weighted by Crippen LogP contribution is 2.36. The lowest BCUT2D eigenvalue weighted by molar-refractivity contribution is 0.0510. The van der Waals surface area contributed by atoms with Crippen molar-refractivity contribution in [2.45, 2.75) is 38.6 Å². The summed E-state index contributed by atoms with van der Waals surface area (Å²) in [4.78, 5) is 11.2. The molecule has 0 saturated carbocycles. The molecule has 1 N–H and O–H groups in total. The fourth-order valence-electron chi connectivity index (χ4n) is 3.90. The van der Waals surface area contributed by atoms with Gasteiger partial charge in [-0.15, -0.1) is 35.3 Å². The number of hydrogen-bond donors (Lipinski definition) is 1. The second-order valence-corrected chi connectivity index (χ2v) is 8.38.